The van der Waals surface area contributed by atoms with E-state index in [1.165, 1.54) is 4.90 Å². The molecule has 0 spiro atoms. The van der Waals surface area contributed by atoms with Crippen molar-refractivity contribution in [2.24, 2.45) is 0 Å². The van der Waals surface area contributed by atoms with Crippen LogP contribution in [0.5, 0.6) is 11.5 Å². The average molecular weight is 608 g/mol. The van der Waals surface area contributed by atoms with Crippen molar-refractivity contribution in [1.29, 1.82) is 0 Å². The lowest BCUT2D eigenvalue weighted by atomic mass is 10.0. The molecule has 0 aromatic heterocycles. The minimum absolute atomic E-state index is 0.208. The molecule has 4 rings (SSSR count). The molecule has 1 fully saturated rings. The Labute approximate surface area is 231 Å². The van der Waals surface area contributed by atoms with Gasteiger partial charge >= 0.3 is 6.03 Å². The highest BCUT2D eigenvalue weighted by molar-refractivity contribution is 14.1. The van der Waals surface area contributed by atoms with Crippen LogP contribution >= 0.6 is 22.6 Å². The second-order valence-electron chi connectivity index (χ2n) is 8.71. The van der Waals surface area contributed by atoms with E-state index in [-0.39, 0.29) is 18.1 Å². The molecular weight excluding hydrogens is 579 g/mol. The quantitative estimate of drug-likeness (QED) is 0.125. The van der Waals surface area contributed by atoms with Gasteiger partial charge in [-0.1, -0.05) is 48.0 Å². The minimum atomic E-state index is -0.439. The molecule has 3 aromatic rings. The van der Waals surface area contributed by atoms with Crippen molar-refractivity contribution >= 4 is 40.6 Å². The van der Waals surface area contributed by atoms with E-state index in [2.05, 4.69) is 34.5 Å². The summed E-state index contributed by atoms with van der Waals surface area (Å²) < 4.78 is 13.3. The van der Waals surface area contributed by atoms with Crippen LogP contribution in [-0.4, -0.2) is 23.4 Å². The molecule has 190 valence electrons. The number of allylic oxidation sites excluding steroid dienone is 1. The summed E-state index contributed by atoms with van der Waals surface area (Å²) in [5.41, 5.74) is 4.88. The predicted molar refractivity (Wildman–Crippen MR) is 153 cm³/mol. The number of carbonyl (C=O) groups excluding carboxylic acids is 2. The number of ether oxygens (including phenoxy) is 2. The fraction of sp³-hybridized carbons (Fsp3) is 0.200. The maximum atomic E-state index is 13.1. The molecule has 0 saturated carbocycles. The first-order valence-corrected chi connectivity index (χ1v) is 13.1. The Balaban J connectivity index is 1.60. The molecule has 37 heavy (non-hydrogen) atoms. The number of urea groups is 1. The van der Waals surface area contributed by atoms with Crippen molar-refractivity contribution in [3.05, 3.63) is 110 Å². The Kier molecular flexibility index (Phi) is 8.66. The lowest BCUT2D eigenvalue weighted by molar-refractivity contribution is -0.123. The van der Waals surface area contributed by atoms with Gasteiger partial charge in [-0.2, -0.15) is 0 Å². The number of hydrogen-bond donors (Lipinski definition) is 1. The fourth-order valence-electron chi connectivity index (χ4n) is 3.99. The second-order valence-corrected chi connectivity index (χ2v) is 9.96. The smallest absolute Gasteiger partial charge is 0.329 e. The van der Waals surface area contributed by atoms with E-state index < -0.39 is 6.03 Å². The number of benzene rings is 3. The Morgan fingerprint density at radius 2 is 1.70 bits per heavy atom. The minimum Gasteiger partial charge on any atom is -0.490 e. The van der Waals surface area contributed by atoms with Gasteiger partial charge in [0.25, 0.3) is 5.91 Å². The molecule has 0 aliphatic carbocycles. The van der Waals surface area contributed by atoms with Gasteiger partial charge in [-0.05, 0) is 89.9 Å². The zero-order valence-corrected chi connectivity index (χ0v) is 23.1. The number of imide groups is 1. The van der Waals surface area contributed by atoms with Gasteiger partial charge in [0.05, 0.1) is 13.2 Å². The van der Waals surface area contributed by atoms with Crippen molar-refractivity contribution in [3.8, 4) is 11.5 Å². The molecule has 0 unspecified atom stereocenters. The van der Waals surface area contributed by atoms with E-state index in [1.807, 2.05) is 74.5 Å². The van der Waals surface area contributed by atoms with Crippen molar-refractivity contribution in [2.75, 3.05) is 6.61 Å². The monoisotopic (exact) mass is 608 g/mol. The van der Waals surface area contributed by atoms with Crippen LogP contribution in [0.4, 0.5) is 4.79 Å². The topological polar surface area (TPSA) is 67.9 Å². The van der Waals surface area contributed by atoms with E-state index in [0.29, 0.717) is 31.1 Å². The number of amides is 3. The summed E-state index contributed by atoms with van der Waals surface area (Å²) in [4.78, 5) is 26.9. The molecule has 0 bridgehead atoms. The highest BCUT2D eigenvalue weighted by Crippen LogP contribution is 2.35. The van der Waals surface area contributed by atoms with E-state index >= 15 is 0 Å². The van der Waals surface area contributed by atoms with Crippen LogP contribution < -0.4 is 14.8 Å². The van der Waals surface area contributed by atoms with Crippen LogP contribution in [0.25, 0.3) is 6.08 Å². The molecule has 1 N–H and O–H groups in total. The van der Waals surface area contributed by atoms with Crippen molar-refractivity contribution in [1.82, 2.24) is 10.2 Å². The summed E-state index contributed by atoms with van der Waals surface area (Å²) in [6.45, 7) is 8.83. The van der Waals surface area contributed by atoms with E-state index in [1.54, 1.807) is 12.2 Å². The number of rotatable bonds is 10. The van der Waals surface area contributed by atoms with Gasteiger partial charge < -0.3 is 14.8 Å². The van der Waals surface area contributed by atoms with E-state index in [4.69, 9.17) is 9.47 Å². The van der Waals surface area contributed by atoms with Gasteiger partial charge in [-0.25, -0.2) is 4.79 Å². The Hall–Kier alpha value is -3.59. The average Bonchev–Trinajstić information content (AvgIpc) is 3.13. The molecule has 3 aromatic carbocycles. The molecule has 3 amide bonds. The number of carbonyl (C=O) groups is 2. The first-order chi connectivity index (χ1) is 17.9. The van der Waals surface area contributed by atoms with Crippen LogP contribution in [-0.2, 0) is 24.4 Å². The van der Waals surface area contributed by atoms with Crippen LogP contribution in [0.15, 0.2) is 79.0 Å². The molecule has 7 heteroatoms. The lowest BCUT2D eigenvalue weighted by Gasteiger charge is -2.17. The van der Waals surface area contributed by atoms with Crippen molar-refractivity contribution < 1.29 is 19.1 Å². The number of aryl methyl sites for hydroxylation is 1. The first kappa shape index (κ1) is 26.5. The van der Waals surface area contributed by atoms with Gasteiger partial charge in [0.2, 0.25) is 0 Å². The maximum absolute atomic E-state index is 13.1. The highest BCUT2D eigenvalue weighted by Gasteiger charge is 2.33. The fourth-order valence-corrected chi connectivity index (χ4v) is 4.35. The Bertz CT molecular complexity index is 1330. The number of halogens is 1. The molecule has 1 saturated heterocycles. The largest absolute Gasteiger partial charge is 0.490 e. The molecule has 1 heterocycles. The van der Waals surface area contributed by atoms with E-state index in [9.17, 15) is 9.59 Å². The van der Waals surface area contributed by atoms with Crippen LogP contribution in [0.3, 0.4) is 0 Å². The zero-order chi connectivity index (χ0) is 26.4. The molecule has 0 radical (unpaired) electrons. The molecule has 1 aliphatic rings. The normalized spacial score (nSPS) is 14.1. The van der Waals surface area contributed by atoms with Gasteiger partial charge in [-0.15, -0.1) is 6.58 Å². The summed E-state index contributed by atoms with van der Waals surface area (Å²) in [5, 5.41) is 2.71. The number of nitrogens with one attached hydrogen (secondary N) is 1. The summed E-state index contributed by atoms with van der Waals surface area (Å²) in [6, 6.07) is 19.2. The van der Waals surface area contributed by atoms with Crippen molar-refractivity contribution in [2.45, 2.75) is 33.4 Å². The highest BCUT2D eigenvalue weighted by atomic mass is 127. The molecule has 0 atom stereocenters. The van der Waals surface area contributed by atoms with Gasteiger partial charge in [-0.3, -0.25) is 9.69 Å². The van der Waals surface area contributed by atoms with Gasteiger partial charge in [0.15, 0.2) is 11.5 Å². The zero-order valence-electron chi connectivity index (χ0n) is 20.9. The van der Waals surface area contributed by atoms with Gasteiger partial charge in [0, 0.05) is 9.13 Å². The SMILES string of the molecule is C=CCc1cc(/C=C2/NC(=O)N(Cc3ccc(C)cc3)C2=O)cc(OCC)c1OCc1ccc(I)cc1. The Morgan fingerprint density at radius 3 is 2.38 bits per heavy atom. The second kappa shape index (κ2) is 12.1. The standard InChI is InChI=1S/C30H29IN2O4/c1-4-6-24-15-23(17-27(36-5-2)28(24)37-19-22-11-13-25(31)14-12-22)16-26-29(34)33(30(35)32-26)18-21-9-7-20(3)8-10-21/h4,7-17H,1,5-6,18-19H2,2-3H3,(H,32,35)/b26-16+. The summed E-state index contributed by atoms with van der Waals surface area (Å²) in [7, 11) is 0. The Morgan fingerprint density at radius 1 is 1.00 bits per heavy atom. The number of hydrogen-bond acceptors (Lipinski definition) is 4. The van der Waals surface area contributed by atoms with Crippen molar-refractivity contribution in [3.63, 3.8) is 0 Å². The van der Waals surface area contributed by atoms with Crippen LogP contribution in [0, 0.1) is 10.5 Å². The molecule has 6 nitrogen and oxygen atoms in total. The third kappa shape index (κ3) is 6.60. The molecule has 1 aliphatic heterocycles. The summed E-state index contributed by atoms with van der Waals surface area (Å²) in [5.74, 6) is 0.852. The van der Waals surface area contributed by atoms with Gasteiger partial charge in [0.1, 0.15) is 12.3 Å². The summed E-state index contributed by atoms with van der Waals surface area (Å²) >= 11 is 2.27. The van der Waals surface area contributed by atoms with Crippen LogP contribution in [0.2, 0.25) is 0 Å². The maximum Gasteiger partial charge on any atom is 0.329 e. The molecular formula is C30H29IN2O4. The number of nitrogens with zero attached hydrogens (tertiary/aromatic N) is 1. The lowest BCUT2D eigenvalue weighted by Crippen LogP contribution is -2.30. The third-order valence-corrected chi connectivity index (χ3v) is 6.57. The summed E-state index contributed by atoms with van der Waals surface area (Å²) in [6.07, 6.45) is 4.03. The third-order valence-electron chi connectivity index (χ3n) is 5.85. The van der Waals surface area contributed by atoms with E-state index in [0.717, 1.165) is 31.4 Å². The predicted octanol–water partition coefficient (Wildman–Crippen LogP) is 6.40. The first-order valence-electron chi connectivity index (χ1n) is 12.1. The van der Waals surface area contributed by atoms with Crippen LogP contribution in [0.1, 0.15) is 34.7 Å².